The third kappa shape index (κ3) is 12.7. The third-order valence-corrected chi connectivity index (χ3v) is 12.8. The summed E-state index contributed by atoms with van der Waals surface area (Å²) in [4.78, 5) is 81.5. The number of rotatable bonds is 17. The number of hydrogen-bond donors (Lipinski definition) is 5. The van der Waals surface area contributed by atoms with Crippen LogP contribution in [0.25, 0.3) is 31.8 Å². The average Bonchev–Trinajstić information content (AvgIpc) is 3.97. The van der Waals surface area contributed by atoms with Gasteiger partial charge < -0.3 is 30.7 Å². The molecule has 1 fully saturated rings. The normalized spacial score (nSPS) is 15.5. The number of aromatic nitrogens is 3. The molecule has 5 aromatic rings. The van der Waals surface area contributed by atoms with Gasteiger partial charge in [0.1, 0.15) is 12.1 Å². The SMILES string of the molecule is Cc1ncc(-c2ccc3nc(NC(=O)CCCCCCC(=O)N[C@H](C(=O)N4C[C@H](O)C[C@H]4C(=O)NCc4ccc(-c5scnc5C)cc4)C(C)(C)C)sc3c2)cc1NC(=O)OC(C)C. The van der Waals surface area contributed by atoms with Crippen molar-refractivity contribution in [2.75, 3.05) is 17.2 Å². The highest BCUT2D eigenvalue weighted by molar-refractivity contribution is 7.22. The maximum Gasteiger partial charge on any atom is 0.411 e. The fourth-order valence-electron chi connectivity index (χ4n) is 7.45. The summed E-state index contributed by atoms with van der Waals surface area (Å²) in [6.45, 7) is 13.2. The summed E-state index contributed by atoms with van der Waals surface area (Å²) in [6.07, 6.45) is 3.36. The second kappa shape index (κ2) is 21.3. The third-order valence-electron chi connectivity index (χ3n) is 10.9. The number of likely N-dealkylation sites (tertiary alicyclic amines) is 1. The van der Waals surface area contributed by atoms with Crippen molar-refractivity contribution >= 4 is 73.4 Å². The van der Waals surface area contributed by atoms with Crippen LogP contribution in [0, 0.1) is 19.3 Å². The van der Waals surface area contributed by atoms with Gasteiger partial charge in [0.05, 0.1) is 49.9 Å². The minimum absolute atomic E-state index is 0.000940. The molecule has 3 aromatic heterocycles. The number of anilines is 2. The summed E-state index contributed by atoms with van der Waals surface area (Å²) in [5, 5.41) is 22.6. The quantitative estimate of drug-likeness (QED) is 0.0567. The van der Waals surface area contributed by atoms with Crippen LogP contribution in [0.3, 0.4) is 0 Å². The summed E-state index contributed by atoms with van der Waals surface area (Å²) in [5.41, 5.74) is 7.71. The largest absolute Gasteiger partial charge is 0.447 e. The van der Waals surface area contributed by atoms with E-state index in [0.29, 0.717) is 35.8 Å². The molecule has 64 heavy (non-hydrogen) atoms. The Kier molecular flexibility index (Phi) is 15.8. The van der Waals surface area contributed by atoms with Crippen LogP contribution in [0.1, 0.15) is 96.5 Å². The number of unbranched alkanes of at least 4 members (excludes halogenated alkanes) is 3. The molecule has 340 valence electrons. The van der Waals surface area contributed by atoms with E-state index < -0.39 is 35.6 Å². The van der Waals surface area contributed by atoms with E-state index >= 15 is 0 Å². The molecule has 5 N–H and O–H groups in total. The maximum atomic E-state index is 14.0. The number of β-amino-alcohol motifs (C(OH)–C–C–N with tert-alkyl or cyclic N) is 1. The van der Waals surface area contributed by atoms with Gasteiger partial charge in [-0.05, 0) is 80.8 Å². The molecule has 17 heteroatoms. The predicted octanol–water partition coefficient (Wildman–Crippen LogP) is 8.14. The number of nitrogens with one attached hydrogen (secondary N) is 4. The number of aliphatic hydroxyl groups excluding tert-OH is 1. The Morgan fingerprint density at radius 3 is 2.25 bits per heavy atom. The number of ether oxygens (including phenoxy) is 1. The highest BCUT2D eigenvalue weighted by atomic mass is 32.1. The van der Waals surface area contributed by atoms with Gasteiger partial charge in [0.15, 0.2) is 5.13 Å². The number of carbonyl (C=O) groups is 5. The van der Waals surface area contributed by atoms with Crippen molar-refractivity contribution in [1.82, 2.24) is 30.5 Å². The number of amides is 5. The zero-order chi connectivity index (χ0) is 46.1. The fraction of sp³-hybridized carbons (Fsp3) is 0.447. The van der Waals surface area contributed by atoms with Crippen molar-refractivity contribution in [1.29, 1.82) is 0 Å². The minimum Gasteiger partial charge on any atom is -0.447 e. The van der Waals surface area contributed by atoms with Crippen LogP contribution in [0.5, 0.6) is 0 Å². The molecular weight excluding hydrogens is 853 g/mol. The molecule has 3 atom stereocenters. The van der Waals surface area contributed by atoms with Gasteiger partial charge in [-0.2, -0.15) is 0 Å². The Labute approximate surface area is 381 Å². The summed E-state index contributed by atoms with van der Waals surface area (Å²) in [7, 11) is 0. The van der Waals surface area contributed by atoms with Gasteiger partial charge in [0.25, 0.3) is 0 Å². The van der Waals surface area contributed by atoms with E-state index in [4.69, 9.17) is 4.74 Å². The average molecular weight is 911 g/mol. The molecule has 1 aliphatic rings. The van der Waals surface area contributed by atoms with Gasteiger partial charge in [-0.15, -0.1) is 11.3 Å². The molecule has 0 saturated carbocycles. The molecule has 15 nitrogen and oxygen atoms in total. The van der Waals surface area contributed by atoms with E-state index in [1.54, 1.807) is 38.3 Å². The van der Waals surface area contributed by atoms with Crippen molar-refractivity contribution in [2.24, 2.45) is 5.41 Å². The number of fused-ring (bicyclic) bond motifs is 1. The van der Waals surface area contributed by atoms with E-state index in [0.717, 1.165) is 55.9 Å². The smallest absolute Gasteiger partial charge is 0.411 e. The molecular formula is C47H58N8O7S2. The summed E-state index contributed by atoms with van der Waals surface area (Å²) in [5.74, 6) is -1.18. The number of pyridine rings is 1. The molecule has 2 aromatic carbocycles. The Morgan fingerprint density at radius 1 is 0.875 bits per heavy atom. The van der Waals surface area contributed by atoms with E-state index in [1.165, 1.54) is 16.2 Å². The van der Waals surface area contributed by atoms with Gasteiger partial charge in [-0.3, -0.25) is 29.5 Å². The van der Waals surface area contributed by atoms with Gasteiger partial charge in [-0.25, -0.2) is 14.8 Å². The molecule has 0 bridgehead atoms. The van der Waals surface area contributed by atoms with Crippen LogP contribution in [-0.2, 0) is 30.5 Å². The standard InChI is InChI=1S/C47H58N8O7S2/c1-27(2)62-46(61)52-36-20-33(24-48-28(36)3)32-18-19-35-38(21-32)64-45(51-35)54-40(58)13-11-9-8-10-12-39(57)53-42(47(5,6)7)44(60)55-25-34(56)22-37(55)43(59)49-23-30-14-16-31(17-15-30)41-29(4)50-26-63-41/h14-21,24,26-27,34,37,42,56H,8-13,22-23,25H2,1-7H3,(H,49,59)(H,52,61)(H,53,57)(H,51,54,58)/t34-,37+,42-/m1/s1. The topological polar surface area (TPSA) is 205 Å². The second-order valence-corrected chi connectivity index (χ2v) is 19.4. The molecule has 0 aliphatic carbocycles. The van der Waals surface area contributed by atoms with Crippen molar-refractivity contribution in [2.45, 2.75) is 124 Å². The van der Waals surface area contributed by atoms with Crippen LogP contribution in [0.2, 0.25) is 0 Å². The van der Waals surface area contributed by atoms with E-state index in [2.05, 4.69) is 36.2 Å². The Hall–Kier alpha value is -5.78. The first-order valence-corrected chi connectivity index (χ1v) is 23.3. The lowest BCUT2D eigenvalue weighted by Gasteiger charge is -2.35. The molecule has 0 radical (unpaired) electrons. The highest BCUT2D eigenvalue weighted by Crippen LogP contribution is 2.33. The second-order valence-electron chi connectivity index (χ2n) is 17.5. The van der Waals surface area contributed by atoms with Crippen molar-refractivity contribution in [3.8, 4) is 21.6 Å². The fourth-order valence-corrected chi connectivity index (χ4v) is 9.18. The maximum absolute atomic E-state index is 14.0. The Balaban J connectivity index is 0.928. The number of nitrogens with zero attached hydrogens (tertiary/aromatic N) is 4. The number of aliphatic hydroxyl groups is 1. The van der Waals surface area contributed by atoms with Gasteiger partial charge in [0, 0.05) is 44.1 Å². The Morgan fingerprint density at radius 2 is 1.58 bits per heavy atom. The van der Waals surface area contributed by atoms with E-state index in [1.807, 2.05) is 81.7 Å². The number of benzene rings is 2. The highest BCUT2D eigenvalue weighted by Gasteiger charge is 2.44. The first-order valence-electron chi connectivity index (χ1n) is 21.6. The van der Waals surface area contributed by atoms with Crippen LogP contribution in [0.15, 0.2) is 60.2 Å². The predicted molar refractivity (Wildman–Crippen MR) is 251 cm³/mol. The number of thiazole rings is 2. The lowest BCUT2D eigenvalue weighted by atomic mass is 9.85. The van der Waals surface area contributed by atoms with Crippen LogP contribution in [-0.4, -0.2) is 85.5 Å². The number of carbonyl (C=O) groups excluding carboxylic acids is 5. The lowest BCUT2D eigenvalue weighted by Crippen LogP contribution is -2.57. The van der Waals surface area contributed by atoms with Crippen LogP contribution < -0.4 is 21.3 Å². The van der Waals surface area contributed by atoms with Gasteiger partial charge in [-0.1, -0.05) is 75.3 Å². The molecule has 5 amide bonds. The zero-order valence-electron chi connectivity index (χ0n) is 37.4. The summed E-state index contributed by atoms with van der Waals surface area (Å²) in [6, 6.07) is 13.7. The van der Waals surface area contributed by atoms with Crippen LogP contribution in [0.4, 0.5) is 15.6 Å². The van der Waals surface area contributed by atoms with Crippen LogP contribution >= 0.6 is 22.7 Å². The molecule has 0 spiro atoms. The van der Waals surface area contributed by atoms with Gasteiger partial charge >= 0.3 is 6.09 Å². The van der Waals surface area contributed by atoms with Crippen molar-refractivity contribution in [3.05, 3.63) is 77.2 Å². The molecule has 4 heterocycles. The minimum atomic E-state index is -0.905. The van der Waals surface area contributed by atoms with Crippen molar-refractivity contribution < 1.29 is 33.8 Å². The molecule has 1 aliphatic heterocycles. The first kappa shape index (κ1) is 47.7. The monoisotopic (exact) mass is 910 g/mol. The summed E-state index contributed by atoms with van der Waals surface area (Å²) < 4.78 is 6.10. The lowest BCUT2D eigenvalue weighted by molar-refractivity contribution is -0.144. The molecule has 1 saturated heterocycles. The molecule has 6 rings (SSSR count). The van der Waals surface area contributed by atoms with E-state index in [9.17, 15) is 29.1 Å². The molecule has 0 unspecified atom stereocenters. The number of hydrogen-bond acceptors (Lipinski definition) is 12. The number of aryl methyl sites for hydroxylation is 2. The van der Waals surface area contributed by atoms with E-state index in [-0.39, 0.29) is 49.8 Å². The van der Waals surface area contributed by atoms with Crippen molar-refractivity contribution in [3.63, 3.8) is 0 Å². The first-order chi connectivity index (χ1) is 30.4. The Bertz CT molecular complexity index is 2460. The summed E-state index contributed by atoms with van der Waals surface area (Å²) >= 11 is 2.94. The van der Waals surface area contributed by atoms with Gasteiger partial charge in [0.2, 0.25) is 23.6 Å². The zero-order valence-corrected chi connectivity index (χ0v) is 39.1.